The third kappa shape index (κ3) is 5.04. The molecule has 0 aliphatic carbocycles. The lowest BCUT2D eigenvalue weighted by atomic mass is 10.1. The average Bonchev–Trinajstić information content (AvgIpc) is 3.32. The van der Waals surface area contributed by atoms with Crippen molar-refractivity contribution in [1.29, 1.82) is 0 Å². The highest BCUT2D eigenvalue weighted by atomic mass is 32.1. The molecule has 0 saturated carbocycles. The molecule has 0 aliphatic rings. The van der Waals surface area contributed by atoms with E-state index in [4.69, 9.17) is 14.3 Å². The van der Waals surface area contributed by atoms with Gasteiger partial charge in [0.2, 0.25) is 0 Å². The van der Waals surface area contributed by atoms with Gasteiger partial charge >= 0.3 is 12.1 Å². The van der Waals surface area contributed by atoms with E-state index in [-0.39, 0.29) is 30.9 Å². The van der Waals surface area contributed by atoms with E-state index >= 15 is 0 Å². The van der Waals surface area contributed by atoms with E-state index < -0.39 is 23.5 Å². The van der Waals surface area contributed by atoms with Gasteiger partial charge in [0.05, 0.1) is 22.6 Å². The third-order valence-electron chi connectivity index (χ3n) is 4.97. The van der Waals surface area contributed by atoms with Gasteiger partial charge in [0.25, 0.3) is 0 Å². The number of benzene rings is 2. The smallest absolute Gasteiger partial charge is 0.419 e. The molecule has 4 aromatic rings. The second-order valence-corrected chi connectivity index (χ2v) is 8.70. The van der Waals surface area contributed by atoms with E-state index in [1.807, 2.05) is 6.92 Å². The molecule has 0 saturated heterocycles. The lowest BCUT2D eigenvalue weighted by Gasteiger charge is -2.08. The Labute approximate surface area is 194 Å². The van der Waals surface area contributed by atoms with Crippen LogP contribution in [0.4, 0.5) is 17.6 Å². The Hall–Kier alpha value is -3.47. The van der Waals surface area contributed by atoms with Crippen LogP contribution >= 0.6 is 11.3 Å². The largest absolute Gasteiger partial charge is 0.484 e. The Kier molecular flexibility index (Phi) is 6.30. The molecule has 2 aromatic carbocycles. The summed E-state index contributed by atoms with van der Waals surface area (Å²) in [5.41, 5.74) is 1.30. The second-order valence-electron chi connectivity index (χ2n) is 7.62. The minimum atomic E-state index is -4.77. The van der Waals surface area contributed by atoms with Crippen LogP contribution in [-0.4, -0.2) is 21.0 Å². The fraction of sp³-hybridized carbons (Fsp3) is 0.261. The maximum absolute atomic E-state index is 14.0. The number of alkyl halides is 3. The van der Waals surface area contributed by atoms with Gasteiger partial charge in [-0.25, -0.2) is 14.4 Å². The van der Waals surface area contributed by atoms with Crippen LogP contribution in [-0.2, 0) is 24.0 Å². The van der Waals surface area contributed by atoms with Gasteiger partial charge in [0.1, 0.15) is 22.9 Å². The van der Waals surface area contributed by atoms with Crippen molar-refractivity contribution in [1.82, 2.24) is 9.97 Å². The zero-order valence-corrected chi connectivity index (χ0v) is 18.8. The lowest BCUT2D eigenvalue weighted by molar-refractivity contribution is -0.140. The number of aliphatic carboxylic acids is 1. The number of carboxylic acid groups (broad SMARTS) is 1. The van der Waals surface area contributed by atoms with Crippen molar-refractivity contribution < 1.29 is 36.6 Å². The molecular formula is C23H18F4N2O4S. The molecule has 2 aromatic heterocycles. The van der Waals surface area contributed by atoms with Crippen LogP contribution in [0.3, 0.4) is 0 Å². The highest BCUT2D eigenvalue weighted by Gasteiger charge is 2.34. The summed E-state index contributed by atoms with van der Waals surface area (Å²) < 4.78 is 64.1. The first-order chi connectivity index (χ1) is 16.0. The lowest BCUT2D eigenvalue weighted by Crippen LogP contribution is -2.07. The van der Waals surface area contributed by atoms with Crippen LogP contribution in [0.1, 0.15) is 34.0 Å². The number of thiazole rings is 1. The molecule has 0 spiro atoms. The molecular weight excluding hydrogens is 476 g/mol. The van der Waals surface area contributed by atoms with Crippen molar-refractivity contribution in [2.45, 2.75) is 39.5 Å². The van der Waals surface area contributed by atoms with E-state index in [1.165, 1.54) is 17.4 Å². The molecule has 0 fully saturated rings. The number of fused-ring (bicyclic) bond motifs is 1. The third-order valence-corrected chi connectivity index (χ3v) is 6.15. The number of aromatic nitrogens is 2. The van der Waals surface area contributed by atoms with E-state index in [0.29, 0.717) is 38.5 Å². The summed E-state index contributed by atoms with van der Waals surface area (Å²) in [6, 6.07) is 6.27. The number of rotatable bonds is 7. The molecule has 0 atom stereocenters. The Balaban J connectivity index is 1.56. The van der Waals surface area contributed by atoms with Crippen LogP contribution in [0.15, 0.2) is 34.7 Å². The molecule has 34 heavy (non-hydrogen) atoms. The van der Waals surface area contributed by atoms with Crippen LogP contribution in [0.25, 0.3) is 21.7 Å². The minimum absolute atomic E-state index is 0.0936. The SMILES string of the molecule is Cc1cc(OCc2sc(-c3ccc(C(F)(F)F)c(F)c3)nc2C)c2oc(CCC(=O)O)nc2c1. The summed E-state index contributed by atoms with van der Waals surface area (Å²) in [4.78, 5) is 20.2. The molecule has 178 valence electrons. The number of hydrogen-bond acceptors (Lipinski definition) is 6. The molecule has 0 bridgehead atoms. The number of halogens is 4. The van der Waals surface area contributed by atoms with Crippen LogP contribution in [0.5, 0.6) is 5.75 Å². The van der Waals surface area contributed by atoms with E-state index in [0.717, 1.165) is 11.6 Å². The zero-order chi connectivity index (χ0) is 24.6. The fourth-order valence-corrected chi connectivity index (χ4v) is 4.29. The zero-order valence-electron chi connectivity index (χ0n) is 18.0. The van der Waals surface area contributed by atoms with Crippen molar-refractivity contribution in [2.75, 3.05) is 0 Å². The van der Waals surface area contributed by atoms with Gasteiger partial charge in [0, 0.05) is 12.0 Å². The van der Waals surface area contributed by atoms with E-state index in [9.17, 15) is 22.4 Å². The number of nitrogens with zero attached hydrogens (tertiary/aromatic N) is 2. The summed E-state index contributed by atoms with van der Waals surface area (Å²) in [5.74, 6) is -1.62. The first kappa shape index (κ1) is 23.7. The number of aryl methyl sites for hydroxylation is 3. The Bertz CT molecular complexity index is 1380. The Morgan fingerprint density at radius 3 is 2.62 bits per heavy atom. The summed E-state index contributed by atoms with van der Waals surface area (Å²) in [6.45, 7) is 3.67. The highest BCUT2D eigenvalue weighted by molar-refractivity contribution is 7.15. The van der Waals surface area contributed by atoms with Gasteiger partial charge in [-0.15, -0.1) is 11.3 Å². The molecule has 11 heteroatoms. The van der Waals surface area contributed by atoms with Crippen LogP contribution in [0.2, 0.25) is 0 Å². The summed E-state index contributed by atoms with van der Waals surface area (Å²) in [7, 11) is 0. The predicted molar refractivity (Wildman–Crippen MR) is 116 cm³/mol. The summed E-state index contributed by atoms with van der Waals surface area (Å²) in [6.07, 6.45) is -4.74. The number of hydrogen-bond donors (Lipinski definition) is 1. The molecule has 2 heterocycles. The molecule has 1 N–H and O–H groups in total. The summed E-state index contributed by atoms with van der Waals surface area (Å²) in [5, 5.41) is 9.23. The Morgan fingerprint density at radius 2 is 1.94 bits per heavy atom. The molecule has 0 unspecified atom stereocenters. The molecule has 4 rings (SSSR count). The minimum Gasteiger partial charge on any atom is -0.484 e. The predicted octanol–water partition coefficient (Wildman–Crippen LogP) is 6.32. The number of carbonyl (C=O) groups is 1. The summed E-state index contributed by atoms with van der Waals surface area (Å²) >= 11 is 1.18. The number of carboxylic acids is 1. The number of ether oxygens (including phenoxy) is 1. The van der Waals surface area contributed by atoms with Gasteiger partial charge in [-0.2, -0.15) is 13.2 Å². The van der Waals surface area contributed by atoms with Crippen molar-refractivity contribution in [3.8, 4) is 16.3 Å². The van der Waals surface area contributed by atoms with E-state index in [1.54, 1.807) is 19.1 Å². The monoisotopic (exact) mass is 494 g/mol. The van der Waals surface area contributed by atoms with Crippen molar-refractivity contribution in [3.63, 3.8) is 0 Å². The second kappa shape index (κ2) is 9.05. The van der Waals surface area contributed by atoms with Gasteiger partial charge < -0.3 is 14.3 Å². The maximum Gasteiger partial charge on any atom is 0.419 e. The normalized spacial score (nSPS) is 11.8. The highest BCUT2D eigenvalue weighted by Crippen LogP contribution is 2.36. The average molecular weight is 494 g/mol. The van der Waals surface area contributed by atoms with Crippen molar-refractivity contribution >= 4 is 28.4 Å². The maximum atomic E-state index is 14.0. The molecule has 0 radical (unpaired) electrons. The fourth-order valence-electron chi connectivity index (χ4n) is 3.32. The first-order valence-corrected chi connectivity index (χ1v) is 10.9. The number of oxazole rings is 1. The quantitative estimate of drug-likeness (QED) is 0.303. The van der Waals surface area contributed by atoms with Gasteiger partial charge in [-0.1, -0.05) is 6.07 Å². The van der Waals surface area contributed by atoms with Crippen molar-refractivity contribution in [3.05, 3.63) is 63.7 Å². The standard InChI is InChI=1S/C23H18F4N2O4S/c1-11-7-16-21(33-19(29-16)5-6-20(30)31)17(8-11)32-10-18-12(2)28-22(34-18)13-3-4-14(15(24)9-13)23(25,26)27/h3-4,7-9H,5-6,10H2,1-2H3,(H,30,31). The molecule has 6 nitrogen and oxygen atoms in total. The van der Waals surface area contributed by atoms with Crippen LogP contribution in [0, 0.1) is 19.7 Å². The topological polar surface area (TPSA) is 85.5 Å². The molecule has 0 aliphatic heterocycles. The van der Waals surface area contributed by atoms with Gasteiger partial charge in [-0.3, -0.25) is 4.79 Å². The first-order valence-electron chi connectivity index (χ1n) is 10.1. The van der Waals surface area contributed by atoms with Crippen molar-refractivity contribution in [2.24, 2.45) is 0 Å². The molecule has 0 amide bonds. The van der Waals surface area contributed by atoms with Gasteiger partial charge in [-0.05, 0) is 43.7 Å². The van der Waals surface area contributed by atoms with E-state index in [2.05, 4.69) is 9.97 Å². The Morgan fingerprint density at radius 1 is 1.18 bits per heavy atom. The van der Waals surface area contributed by atoms with Crippen LogP contribution < -0.4 is 4.74 Å². The van der Waals surface area contributed by atoms with Gasteiger partial charge in [0.15, 0.2) is 17.2 Å².